The third kappa shape index (κ3) is 8.18. The van der Waals surface area contributed by atoms with Gasteiger partial charge in [-0.05, 0) is 37.9 Å². The van der Waals surface area contributed by atoms with Gasteiger partial charge >= 0.3 is 0 Å². The Balaban J connectivity index is 0.00000576. The van der Waals surface area contributed by atoms with Crippen LogP contribution in [0.1, 0.15) is 32.8 Å². The van der Waals surface area contributed by atoms with Gasteiger partial charge in [0.15, 0.2) is 0 Å². The second-order valence-electron chi connectivity index (χ2n) is 6.20. The molecule has 1 aromatic carbocycles. The van der Waals surface area contributed by atoms with Crippen LogP contribution in [0.3, 0.4) is 0 Å². The third-order valence-electron chi connectivity index (χ3n) is 3.59. The summed E-state index contributed by atoms with van der Waals surface area (Å²) in [6, 6.07) is 5.75. The third-order valence-corrected chi connectivity index (χ3v) is 5.05. The molecule has 1 unspecified atom stereocenters. The van der Waals surface area contributed by atoms with Crippen LogP contribution in [-0.4, -0.2) is 40.0 Å². The molecule has 0 radical (unpaired) electrons. The van der Waals surface area contributed by atoms with Gasteiger partial charge in [0.25, 0.3) is 0 Å². The molecule has 0 heterocycles. The van der Waals surface area contributed by atoms with Gasteiger partial charge in [0.05, 0.1) is 4.90 Å². The molecule has 0 aliphatic rings. The van der Waals surface area contributed by atoms with E-state index in [0.717, 1.165) is 18.5 Å². The van der Waals surface area contributed by atoms with E-state index in [-0.39, 0.29) is 29.1 Å². The molecule has 1 aromatic rings. The highest BCUT2D eigenvalue weighted by Crippen LogP contribution is 2.13. The molecular weight excluding hydrogens is 362 g/mol. The van der Waals surface area contributed by atoms with E-state index < -0.39 is 16.1 Å². The number of carbonyl (C=O) groups is 1. The number of nitrogens with one attached hydrogen (secondary N) is 3. The van der Waals surface area contributed by atoms with Crippen LogP contribution in [0.15, 0.2) is 29.2 Å². The highest BCUT2D eigenvalue weighted by molar-refractivity contribution is 7.89. The monoisotopic (exact) mass is 391 g/mol. The molecule has 25 heavy (non-hydrogen) atoms. The summed E-state index contributed by atoms with van der Waals surface area (Å²) >= 11 is 0. The molecule has 0 aliphatic carbocycles. The Labute approximate surface area is 157 Å². The van der Waals surface area contributed by atoms with Gasteiger partial charge in [-0.15, -0.1) is 12.4 Å². The first kappa shape index (κ1) is 23.9. The molecule has 0 fully saturated rings. The van der Waals surface area contributed by atoms with Crippen LogP contribution in [0.25, 0.3) is 0 Å². The van der Waals surface area contributed by atoms with Crippen molar-refractivity contribution in [3.8, 4) is 0 Å². The standard InChI is InChI=1S/C17H29N3O3S.ClH/c1-5-10-18-11-12-19-17(21)16(13(2)3)20-24(22,23)15-8-6-14(4)7-9-15;/h6-9,13,16,18,20H,5,10-12H2,1-4H3,(H,19,21);1H. The van der Waals surface area contributed by atoms with Gasteiger partial charge < -0.3 is 10.6 Å². The molecule has 8 heteroatoms. The zero-order valence-corrected chi connectivity index (χ0v) is 17.0. The second kappa shape index (κ2) is 11.5. The number of carbonyl (C=O) groups excluding carboxylic acids is 1. The Morgan fingerprint density at radius 3 is 2.20 bits per heavy atom. The molecule has 0 spiro atoms. The molecule has 0 bridgehead atoms. The van der Waals surface area contributed by atoms with Crippen LogP contribution in [0, 0.1) is 12.8 Å². The topological polar surface area (TPSA) is 87.3 Å². The van der Waals surface area contributed by atoms with E-state index in [1.165, 1.54) is 0 Å². The highest BCUT2D eigenvalue weighted by Gasteiger charge is 2.28. The van der Waals surface area contributed by atoms with Crippen molar-refractivity contribution in [3.63, 3.8) is 0 Å². The van der Waals surface area contributed by atoms with Crippen LogP contribution >= 0.6 is 12.4 Å². The predicted molar refractivity (Wildman–Crippen MR) is 104 cm³/mol. The van der Waals surface area contributed by atoms with Gasteiger partial charge in [-0.2, -0.15) is 4.72 Å². The minimum Gasteiger partial charge on any atom is -0.353 e. The largest absolute Gasteiger partial charge is 0.353 e. The molecule has 1 rings (SSSR count). The van der Waals surface area contributed by atoms with Crippen LogP contribution < -0.4 is 15.4 Å². The maximum absolute atomic E-state index is 12.5. The van der Waals surface area contributed by atoms with E-state index in [1.807, 2.05) is 20.8 Å². The molecule has 0 aliphatic heterocycles. The predicted octanol–water partition coefficient (Wildman–Crippen LogP) is 1.84. The molecular formula is C17H30ClN3O3S. The SMILES string of the molecule is CCCNCCNC(=O)C(NS(=O)(=O)c1ccc(C)cc1)C(C)C.Cl. The summed E-state index contributed by atoms with van der Waals surface area (Å²) in [5, 5.41) is 5.96. The lowest BCUT2D eigenvalue weighted by molar-refractivity contribution is -0.123. The molecule has 0 aromatic heterocycles. The fourth-order valence-electron chi connectivity index (χ4n) is 2.13. The zero-order valence-electron chi connectivity index (χ0n) is 15.3. The van der Waals surface area contributed by atoms with Crippen molar-refractivity contribution in [2.24, 2.45) is 5.92 Å². The van der Waals surface area contributed by atoms with Crippen molar-refractivity contribution in [3.05, 3.63) is 29.8 Å². The number of amides is 1. The summed E-state index contributed by atoms with van der Waals surface area (Å²) in [7, 11) is -3.73. The minimum atomic E-state index is -3.73. The van der Waals surface area contributed by atoms with Gasteiger partial charge in [0, 0.05) is 13.1 Å². The lowest BCUT2D eigenvalue weighted by Crippen LogP contribution is -2.50. The zero-order chi connectivity index (χ0) is 18.2. The average Bonchev–Trinajstić information content (AvgIpc) is 2.52. The molecule has 1 amide bonds. The number of rotatable bonds is 10. The van der Waals surface area contributed by atoms with E-state index in [0.29, 0.717) is 13.1 Å². The first-order valence-corrected chi connectivity index (χ1v) is 9.83. The molecule has 6 nitrogen and oxygen atoms in total. The first-order valence-electron chi connectivity index (χ1n) is 8.35. The summed E-state index contributed by atoms with van der Waals surface area (Å²) in [6.45, 7) is 9.61. The fraction of sp³-hybridized carbons (Fsp3) is 0.588. The number of aryl methyl sites for hydroxylation is 1. The molecule has 1 atom stereocenters. The average molecular weight is 392 g/mol. The summed E-state index contributed by atoms with van der Waals surface area (Å²) < 4.78 is 27.5. The van der Waals surface area contributed by atoms with Crippen molar-refractivity contribution in [2.75, 3.05) is 19.6 Å². The Hall–Kier alpha value is -1.15. The van der Waals surface area contributed by atoms with Crippen LogP contribution in [-0.2, 0) is 14.8 Å². The maximum atomic E-state index is 12.5. The Bertz CT molecular complexity index is 619. The van der Waals surface area contributed by atoms with E-state index >= 15 is 0 Å². The molecule has 144 valence electrons. The number of hydrogen-bond donors (Lipinski definition) is 3. The maximum Gasteiger partial charge on any atom is 0.241 e. The Kier molecular flexibility index (Phi) is 10.9. The van der Waals surface area contributed by atoms with Crippen molar-refractivity contribution >= 4 is 28.3 Å². The van der Waals surface area contributed by atoms with Gasteiger partial charge in [-0.25, -0.2) is 8.42 Å². The summed E-state index contributed by atoms with van der Waals surface area (Å²) in [4.78, 5) is 12.5. The molecule has 3 N–H and O–H groups in total. The summed E-state index contributed by atoms with van der Waals surface area (Å²) in [6.07, 6.45) is 1.03. The van der Waals surface area contributed by atoms with Gasteiger partial charge in [0.2, 0.25) is 15.9 Å². The van der Waals surface area contributed by atoms with E-state index in [2.05, 4.69) is 22.3 Å². The van der Waals surface area contributed by atoms with Crippen molar-refractivity contribution in [1.29, 1.82) is 0 Å². The lowest BCUT2D eigenvalue weighted by Gasteiger charge is -2.21. The summed E-state index contributed by atoms with van der Waals surface area (Å²) in [5.74, 6) is -0.465. The second-order valence-corrected chi connectivity index (χ2v) is 7.91. The highest BCUT2D eigenvalue weighted by atomic mass is 35.5. The minimum absolute atomic E-state index is 0. The number of halogens is 1. The van der Waals surface area contributed by atoms with E-state index in [4.69, 9.17) is 0 Å². The number of sulfonamides is 1. The van der Waals surface area contributed by atoms with E-state index in [9.17, 15) is 13.2 Å². The Morgan fingerprint density at radius 2 is 1.68 bits per heavy atom. The molecule has 0 saturated heterocycles. The van der Waals surface area contributed by atoms with Crippen LogP contribution in [0.4, 0.5) is 0 Å². The van der Waals surface area contributed by atoms with E-state index in [1.54, 1.807) is 24.3 Å². The number of benzene rings is 1. The smallest absolute Gasteiger partial charge is 0.241 e. The first-order chi connectivity index (χ1) is 11.3. The number of hydrogen-bond acceptors (Lipinski definition) is 4. The normalized spacial score (nSPS) is 12.5. The quantitative estimate of drug-likeness (QED) is 0.531. The van der Waals surface area contributed by atoms with Gasteiger partial charge in [-0.3, -0.25) is 4.79 Å². The van der Waals surface area contributed by atoms with Crippen LogP contribution in [0.5, 0.6) is 0 Å². The molecule has 0 saturated carbocycles. The van der Waals surface area contributed by atoms with Crippen molar-refractivity contribution in [2.45, 2.75) is 45.1 Å². The lowest BCUT2D eigenvalue weighted by atomic mass is 10.1. The summed E-state index contributed by atoms with van der Waals surface area (Å²) in [5.41, 5.74) is 0.978. The van der Waals surface area contributed by atoms with Gasteiger partial charge in [0.1, 0.15) is 6.04 Å². The van der Waals surface area contributed by atoms with Crippen molar-refractivity contribution in [1.82, 2.24) is 15.4 Å². The van der Waals surface area contributed by atoms with Crippen molar-refractivity contribution < 1.29 is 13.2 Å². The fourth-order valence-corrected chi connectivity index (χ4v) is 3.47. The van der Waals surface area contributed by atoms with Crippen LogP contribution in [0.2, 0.25) is 0 Å². The van der Waals surface area contributed by atoms with Gasteiger partial charge in [-0.1, -0.05) is 38.5 Å². The Morgan fingerprint density at radius 1 is 1.08 bits per heavy atom.